The number of ether oxygens (including phenoxy) is 1. The van der Waals surface area contributed by atoms with Gasteiger partial charge in [-0.2, -0.15) is 17.5 Å². The predicted molar refractivity (Wildman–Crippen MR) is 114 cm³/mol. The SMILES string of the molecule is COc1cc(C)c(S(=O)(=O)N2CCN(c3cccc(C(F)(F)F)c3)CC2)cc1C(C)C. The Kier molecular flexibility index (Phi) is 6.57. The van der Waals surface area contributed by atoms with Crippen LogP contribution in [0, 0.1) is 6.92 Å². The summed E-state index contributed by atoms with van der Waals surface area (Å²) in [5.74, 6) is 0.739. The monoisotopic (exact) mass is 456 g/mol. The topological polar surface area (TPSA) is 49.9 Å². The van der Waals surface area contributed by atoms with Crippen LogP contribution in [0.5, 0.6) is 5.75 Å². The van der Waals surface area contributed by atoms with Crippen molar-refractivity contribution in [3.63, 3.8) is 0 Å². The van der Waals surface area contributed by atoms with Crippen LogP contribution in [0.15, 0.2) is 41.3 Å². The molecule has 9 heteroatoms. The third kappa shape index (κ3) is 4.82. The summed E-state index contributed by atoms with van der Waals surface area (Å²) in [6.45, 7) is 6.69. The van der Waals surface area contributed by atoms with Gasteiger partial charge in [0, 0.05) is 31.9 Å². The number of hydrogen-bond donors (Lipinski definition) is 0. The fourth-order valence-corrected chi connectivity index (χ4v) is 5.45. The van der Waals surface area contributed by atoms with Crippen molar-refractivity contribution in [3.8, 4) is 5.75 Å². The molecule has 1 heterocycles. The number of methoxy groups -OCH3 is 1. The Morgan fingerprint density at radius 1 is 1.03 bits per heavy atom. The van der Waals surface area contributed by atoms with Crippen LogP contribution in [-0.2, 0) is 16.2 Å². The number of hydrogen-bond acceptors (Lipinski definition) is 4. The minimum atomic E-state index is -4.42. The van der Waals surface area contributed by atoms with Gasteiger partial charge in [0.1, 0.15) is 5.75 Å². The van der Waals surface area contributed by atoms with Crippen molar-refractivity contribution < 1.29 is 26.3 Å². The molecule has 1 aliphatic heterocycles. The Balaban J connectivity index is 1.82. The van der Waals surface area contributed by atoms with Gasteiger partial charge in [0.15, 0.2) is 0 Å². The highest BCUT2D eigenvalue weighted by Crippen LogP contribution is 2.34. The Bertz CT molecular complexity index is 1040. The zero-order valence-electron chi connectivity index (χ0n) is 18.0. The summed E-state index contributed by atoms with van der Waals surface area (Å²) in [4.78, 5) is 2.02. The van der Waals surface area contributed by atoms with Gasteiger partial charge in [-0.15, -0.1) is 0 Å². The first-order valence-corrected chi connectivity index (χ1v) is 11.5. The van der Waals surface area contributed by atoms with Gasteiger partial charge in [0.05, 0.1) is 17.6 Å². The lowest BCUT2D eigenvalue weighted by atomic mass is 10.0. The highest BCUT2D eigenvalue weighted by Gasteiger charge is 2.33. The molecular weight excluding hydrogens is 429 g/mol. The molecule has 1 fully saturated rings. The first kappa shape index (κ1) is 23.4. The second-order valence-corrected chi connectivity index (χ2v) is 9.86. The van der Waals surface area contributed by atoms with Gasteiger partial charge in [-0.05, 0) is 54.3 Å². The molecule has 1 aliphatic rings. The summed E-state index contributed by atoms with van der Waals surface area (Å²) in [6.07, 6.45) is -4.42. The van der Waals surface area contributed by atoms with Crippen LogP contribution in [0.1, 0.15) is 36.5 Å². The minimum Gasteiger partial charge on any atom is -0.496 e. The zero-order valence-corrected chi connectivity index (χ0v) is 18.8. The third-order valence-electron chi connectivity index (χ3n) is 5.54. The van der Waals surface area contributed by atoms with E-state index in [0.717, 1.165) is 17.7 Å². The Labute approximate surface area is 181 Å². The van der Waals surface area contributed by atoms with E-state index in [2.05, 4.69) is 0 Å². The molecule has 0 unspecified atom stereocenters. The number of halogens is 3. The molecule has 1 saturated heterocycles. The smallest absolute Gasteiger partial charge is 0.416 e. The summed E-state index contributed by atoms with van der Waals surface area (Å²) < 4.78 is 72.5. The lowest BCUT2D eigenvalue weighted by molar-refractivity contribution is -0.137. The van der Waals surface area contributed by atoms with E-state index in [9.17, 15) is 21.6 Å². The number of rotatable bonds is 5. The number of alkyl halides is 3. The number of anilines is 1. The molecule has 170 valence electrons. The van der Waals surface area contributed by atoms with Crippen molar-refractivity contribution >= 4 is 15.7 Å². The van der Waals surface area contributed by atoms with Crippen LogP contribution < -0.4 is 9.64 Å². The Morgan fingerprint density at radius 3 is 2.23 bits per heavy atom. The predicted octanol–water partition coefficient (Wildman–Crippen LogP) is 4.66. The molecule has 31 heavy (non-hydrogen) atoms. The molecule has 2 aromatic rings. The molecule has 5 nitrogen and oxygen atoms in total. The van der Waals surface area contributed by atoms with E-state index < -0.39 is 21.8 Å². The summed E-state index contributed by atoms with van der Waals surface area (Å²) in [7, 11) is -2.18. The highest BCUT2D eigenvalue weighted by molar-refractivity contribution is 7.89. The molecule has 0 radical (unpaired) electrons. The molecule has 0 amide bonds. The maximum atomic E-state index is 13.3. The van der Waals surface area contributed by atoms with Gasteiger partial charge in [-0.3, -0.25) is 0 Å². The standard InChI is InChI=1S/C22H27F3N2O3S/c1-15(2)19-14-21(16(3)12-20(19)30-4)31(28,29)27-10-8-26(9-11-27)18-7-5-6-17(13-18)22(23,24)25/h5-7,12-15H,8-11H2,1-4H3. The van der Waals surface area contributed by atoms with E-state index in [1.165, 1.54) is 10.4 Å². The molecule has 0 atom stereocenters. The summed E-state index contributed by atoms with van der Waals surface area (Å²) >= 11 is 0. The summed E-state index contributed by atoms with van der Waals surface area (Å²) in [5.41, 5.74) is 1.14. The van der Waals surface area contributed by atoms with Crippen molar-refractivity contribution in [1.29, 1.82) is 0 Å². The molecule has 0 aliphatic carbocycles. The number of sulfonamides is 1. The second kappa shape index (κ2) is 8.70. The quantitative estimate of drug-likeness (QED) is 0.657. The van der Waals surface area contributed by atoms with E-state index in [-0.39, 0.29) is 23.9 Å². The van der Waals surface area contributed by atoms with Crippen LogP contribution in [-0.4, -0.2) is 46.0 Å². The van der Waals surface area contributed by atoms with Gasteiger partial charge in [0.25, 0.3) is 0 Å². The maximum absolute atomic E-state index is 13.3. The van der Waals surface area contributed by atoms with E-state index in [4.69, 9.17) is 4.74 Å². The molecular formula is C22H27F3N2O3S. The first-order chi connectivity index (χ1) is 14.4. The van der Waals surface area contributed by atoms with E-state index in [1.54, 1.807) is 37.1 Å². The average molecular weight is 457 g/mol. The van der Waals surface area contributed by atoms with Crippen molar-refractivity contribution in [2.45, 2.75) is 37.8 Å². The van der Waals surface area contributed by atoms with E-state index in [0.29, 0.717) is 30.1 Å². The van der Waals surface area contributed by atoms with Crippen molar-refractivity contribution in [1.82, 2.24) is 4.31 Å². The van der Waals surface area contributed by atoms with Crippen molar-refractivity contribution in [3.05, 3.63) is 53.1 Å². The summed E-state index contributed by atoms with van der Waals surface area (Å²) in [5, 5.41) is 0. The molecule has 3 rings (SSSR count). The van der Waals surface area contributed by atoms with Crippen LogP contribution in [0.25, 0.3) is 0 Å². The number of nitrogens with zero attached hydrogens (tertiary/aromatic N) is 2. The van der Waals surface area contributed by atoms with E-state index >= 15 is 0 Å². The number of piperazine rings is 1. The average Bonchev–Trinajstić information content (AvgIpc) is 2.72. The maximum Gasteiger partial charge on any atom is 0.416 e. The molecule has 0 spiro atoms. The third-order valence-corrected chi connectivity index (χ3v) is 7.59. The van der Waals surface area contributed by atoms with Crippen molar-refractivity contribution in [2.75, 3.05) is 38.2 Å². The van der Waals surface area contributed by atoms with Crippen LogP contribution >= 0.6 is 0 Å². The van der Waals surface area contributed by atoms with Gasteiger partial charge in [-0.1, -0.05) is 19.9 Å². The largest absolute Gasteiger partial charge is 0.496 e. The van der Waals surface area contributed by atoms with Gasteiger partial charge in [-0.25, -0.2) is 8.42 Å². The lowest BCUT2D eigenvalue weighted by Gasteiger charge is -2.36. The Morgan fingerprint density at radius 2 is 1.68 bits per heavy atom. The normalized spacial score (nSPS) is 16.1. The number of aryl methyl sites for hydroxylation is 1. The second-order valence-electron chi connectivity index (χ2n) is 7.95. The van der Waals surface area contributed by atoms with Crippen LogP contribution in [0.3, 0.4) is 0 Å². The lowest BCUT2D eigenvalue weighted by Crippen LogP contribution is -2.48. The van der Waals surface area contributed by atoms with Gasteiger partial charge in [0.2, 0.25) is 10.0 Å². The fourth-order valence-electron chi connectivity index (χ4n) is 3.79. The van der Waals surface area contributed by atoms with Crippen molar-refractivity contribution in [2.24, 2.45) is 0 Å². The molecule has 2 aromatic carbocycles. The Hall–Kier alpha value is -2.26. The van der Waals surface area contributed by atoms with Gasteiger partial charge >= 0.3 is 6.18 Å². The fraction of sp³-hybridized carbons (Fsp3) is 0.455. The molecule has 0 aromatic heterocycles. The molecule has 0 saturated carbocycles. The summed E-state index contributed by atoms with van der Waals surface area (Å²) in [6, 6.07) is 8.53. The minimum absolute atomic E-state index is 0.0854. The molecule has 0 N–H and O–H groups in total. The van der Waals surface area contributed by atoms with Crippen LogP contribution in [0.4, 0.5) is 18.9 Å². The van der Waals surface area contributed by atoms with Gasteiger partial charge < -0.3 is 9.64 Å². The highest BCUT2D eigenvalue weighted by atomic mass is 32.2. The van der Waals surface area contributed by atoms with Crippen LogP contribution in [0.2, 0.25) is 0 Å². The molecule has 0 bridgehead atoms. The first-order valence-electron chi connectivity index (χ1n) is 10.1. The zero-order chi connectivity index (χ0) is 23.0. The van der Waals surface area contributed by atoms with E-state index in [1.807, 2.05) is 13.8 Å². The number of benzene rings is 2.